The quantitative estimate of drug-likeness (QED) is 0.301. The van der Waals surface area contributed by atoms with Gasteiger partial charge in [0.2, 0.25) is 0 Å². The van der Waals surface area contributed by atoms with Crippen molar-refractivity contribution in [1.82, 2.24) is 0 Å². The van der Waals surface area contributed by atoms with Gasteiger partial charge in [-0.3, -0.25) is 4.79 Å². The smallest absolute Gasteiger partial charge is 0.163 e. The number of azide groups is 1. The maximum absolute atomic E-state index is 10.9. The number of aliphatic hydroxyl groups excluding tert-OH is 3. The van der Waals surface area contributed by atoms with Gasteiger partial charge in [-0.15, -0.1) is 0 Å². The van der Waals surface area contributed by atoms with Gasteiger partial charge in [0.15, 0.2) is 5.78 Å². The molecule has 0 aliphatic carbocycles. The maximum Gasteiger partial charge on any atom is 0.163 e. The Labute approximate surface area is 80.6 Å². The van der Waals surface area contributed by atoms with E-state index in [0.717, 1.165) is 0 Å². The van der Waals surface area contributed by atoms with Crippen LogP contribution in [0.5, 0.6) is 0 Å². The number of Topliss-reactive ketones (excluding diaryl/α,β-unsaturated/α-hetero) is 1. The summed E-state index contributed by atoms with van der Waals surface area (Å²) in [5.74, 6) is -0.572. The zero-order valence-corrected chi connectivity index (χ0v) is 7.74. The summed E-state index contributed by atoms with van der Waals surface area (Å²) in [5.41, 5.74) is 7.93. The van der Waals surface area contributed by atoms with Gasteiger partial charge in [0, 0.05) is 11.3 Å². The summed E-state index contributed by atoms with van der Waals surface area (Å²) in [6.45, 7) is 1.14. The van der Waals surface area contributed by atoms with Crippen LogP contribution in [0.3, 0.4) is 0 Å². The number of rotatable bonds is 6. The molecule has 0 spiro atoms. The van der Waals surface area contributed by atoms with E-state index < -0.39 is 24.1 Å². The van der Waals surface area contributed by atoms with Gasteiger partial charge in [-0.2, -0.15) is 0 Å². The molecular formula is C7H13N3O4. The zero-order chi connectivity index (χ0) is 11.1. The Morgan fingerprint density at radius 1 is 1.50 bits per heavy atom. The van der Waals surface area contributed by atoms with E-state index in [1.54, 1.807) is 0 Å². The summed E-state index contributed by atoms with van der Waals surface area (Å²) in [5, 5.41) is 30.5. The molecular weight excluding hydrogens is 190 g/mol. The van der Waals surface area contributed by atoms with Gasteiger partial charge in [-0.25, -0.2) is 0 Å². The van der Waals surface area contributed by atoms with Crippen molar-refractivity contribution in [3.63, 3.8) is 0 Å². The fourth-order valence-electron chi connectivity index (χ4n) is 0.838. The summed E-state index contributed by atoms with van der Waals surface area (Å²) in [4.78, 5) is 13.3. The molecule has 0 saturated carbocycles. The largest absolute Gasteiger partial charge is 0.390 e. The highest BCUT2D eigenvalue weighted by atomic mass is 16.4. The average molecular weight is 203 g/mol. The number of carbonyl (C=O) groups excluding carboxylic acids is 1. The predicted molar refractivity (Wildman–Crippen MR) is 47.3 cm³/mol. The summed E-state index contributed by atoms with van der Waals surface area (Å²) < 4.78 is 0. The molecule has 7 nitrogen and oxygen atoms in total. The van der Waals surface area contributed by atoms with E-state index in [9.17, 15) is 9.90 Å². The van der Waals surface area contributed by atoms with Crippen LogP contribution in [0.4, 0.5) is 0 Å². The number of carbonyl (C=O) groups is 1. The lowest BCUT2D eigenvalue weighted by Crippen LogP contribution is -2.43. The number of ketones is 1. The molecule has 0 fully saturated rings. The summed E-state index contributed by atoms with van der Waals surface area (Å²) in [6.07, 6.45) is -4.62. The molecule has 0 heterocycles. The molecule has 0 radical (unpaired) electrons. The molecule has 2 unspecified atom stereocenters. The Balaban J connectivity index is 4.22. The van der Waals surface area contributed by atoms with Crippen LogP contribution >= 0.6 is 0 Å². The van der Waals surface area contributed by atoms with Crippen molar-refractivity contribution < 1.29 is 20.1 Å². The van der Waals surface area contributed by atoms with Crippen molar-refractivity contribution in [2.75, 3.05) is 6.54 Å². The topological polar surface area (TPSA) is 127 Å². The molecule has 0 rings (SSSR count). The number of nitrogens with zero attached hydrogens (tertiary/aromatic N) is 3. The molecule has 0 aromatic heterocycles. The van der Waals surface area contributed by atoms with Crippen LogP contribution in [0.15, 0.2) is 5.11 Å². The Morgan fingerprint density at radius 3 is 2.50 bits per heavy atom. The Kier molecular flexibility index (Phi) is 5.82. The van der Waals surface area contributed by atoms with Crippen molar-refractivity contribution >= 4 is 5.78 Å². The van der Waals surface area contributed by atoms with Crippen LogP contribution in [0.1, 0.15) is 13.3 Å². The van der Waals surface area contributed by atoms with Crippen LogP contribution in [0.2, 0.25) is 0 Å². The van der Waals surface area contributed by atoms with Crippen molar-refractivity contribution in [2.45, 2.75) is 31.7 Å². The Morgan fingerprint density at radius 2 is 2.07 bits per heavy atom. The van der Waals surface area contributed by atoms with Gasteiger partial charge in [-0.1, -0.05) is 12.0 Å². The molecule has 0 saturated heterocycles. The molecule has 80 valence electrons. The first-order chi connectivity index (χ1) is 6.54. The molecule has 3 N–H and O–H groups in total. The molecule has 3 atom stereocenters. The van der Waals surface area contributed by atoms with E-state index in [0.29, 0.717) is 0 Å². The van der Waals surface area contributed by atoms with Crippen molar-refractivity contribution in [3.8, 4) is 0 Å². The molecule has 0 amide bonds. The van der Waals surface area contributed by atoms with Crippen LogP contribution < -0.4 is 0 Å². The monoisotopic (exact) mass is 203 g/mol. The van der Waals surface area contributed by atoms with E-state index in [2.05, 4.69) is 10.0 Å². The van der Waals surface area contributed by atoms with Crippen LogP contribution in [-0.2, 0) is 4.79 Å². The molecule has 0 bridgehead atoms. The van der Waals surface area contributed by atoms with Crippen molar-refractivity contribution in [2.24, 2.45) is 5.11 Å². The highest BCUT2D eigenvalue weighted by Crippen LogP contribution is 2.04. The molecule has 0 aromatic rings. The minimum absolute atomic E-state index is 0.0620. The molecule has 7 heteroatoms. The highest BCUT2D eigenvalue weighted by molar-refractivity contribution is 5.83. The van der Waals surface area contributed by atoms with Gasteiger partial charge < -0.3 is 15.3 Å². The lowest BCUT2D eigenvalue weighted by atomic mass is 10.0. The van der Waals surface area contributed by atoms with Gasteiger partial charge in [0.05, 0.1) is 12.6 Å². The third-order valence-electron chi connectivity index (χ3n) is 1.73. The first kappa shape index (κ1) is 12.9. The summed E-state index contributed by atoms with van der Waals surface area (Å²) in [6, 6.07) is 0. The fourth-order valence-corrected chi connectivity index (χ4v) is 0.838. The lowest BCUT2D eigenvalue weighted by molar-refractivity contribution is -0.137. The van der Waals surface area contributed by atoms with Gasteiger partial charge in [0.25, 0.3) is 0 Å². The number of aliphatic hydroxyl groups is 3. The van der Waals surface area contributed by atoms with E-state index in [1.165, 1.54) is 6.92 Å². The Bertz CT molecular complexity index is 239. The van der Waals surface area contributed by atoms with Crippen LogP contribution in [-0.4, -0.2) is 46.0 Å². The van der Waals surface area contributed by atoms with E-state index >= 15 is 0 Å². The third-order valence-corrected chi connectivity index (χ3v) is 1.73. The summed E-state index contributed by atoms with van der Waals surface area (Å²) >= 11 is 0. The fraction of sp³-hybridized carbons (Fsp3) is 0.857. The Hall–Kier alpha value is -1.14. The molecule has 0 aromatic carbocycles. The zero-order valence-electron chi connectivity index (χ0n) is 7.74. The van der Waals surface area contributed by atoms with Crippen LogP contribution in [0.25, 0.3) is 10.4 Å². The maximum atomic E-state index is 10.9. The molecule has 14 heavy (non-hydrogen) atoms. The summed E-state index contributed by atoms with van der Waals surface area (Å²) in [7, 11) is 0. The van der Waals surface area contributed by atoms with Crippen molar-refractivity contribution in [1.29, 1.82) is 0 Å². The predicted octanol–water partition coefficient (Wildman–Crippen LogP) is -0.642. The van der Waals surface area contributed by atoms with Gasteiger partial charge in [0.1, 0.15) is 12.2 Å². The normalized spacial score (nSPS) is 16.6. The standard InChI is InChI=1S/C7H13N3O4/c1-2-4(11)6(13)7(14)5(12)3-9-10-8/h5-7,12-14H,2-3H2,1H3/t5?,6-,7?/m1/s1. The van der Waals surface area contributed by atoms with Crippen molar-refractivity contribution in [3.05, 3.63) is 10.4 Å². The third kappa shape index (κ3) is 3.71. The molecule has 0 aliphatic rings. The first-order valence-corrected chi connectivity index (χ1v) is 4.12. The second-order valence-electron chi connectivity index (χ2n) is 2.74. The number of hydrogen-bond donors (Lipinski definition) is 3. The van der Waals surface area contributed by atoms with E-state index in [4.69, 9.17) is 15.7 Å². The SMILES string of the molecule is CCC(=O)[C@@H](O)C(O)C(O)CN=[N+]=[N-]. The van der Waals surface area contributed by atoms with Gasteiger partial charge in [-0.05, 0) is 5.53 Å². The van der Waals surface area contributed by atoms with E-state index in [1.807, 2.05) is 0 Å². The second-order valence-corrected chi connectivity index (χ2v) is 2.74. The second kappa shape index (κ2) is 6.33. The number of hydrogen-bond acceptors (Lipinski definition) is 5. The average Bonchev–Trinajstić information content (AvgIpc) is 2.22. The van der Waals surface area contributed by atoms with E-state index in [-0.39, 0.29) is 13.0 Å². The minimum Gasteiger partial charge on any atom is -0.390 e. The highest BCUT2D eigenvalue weighted by Gasteiger charge is 2.28. The lowest BCUT2D eigenvalue weighted by Gasteiger charge is -2.20. The van der Waals surface area contributed by atoms with Crippen LogP contribution in [0, 0.1) is 0 Å². The first-order valence-electron chi connectivity index (χ1n) is 4.12. The van der Waals surface area contributed by atoms with Gasteiger partial charge >= 0.3 is 0 Å². The minimum atomic E-state index is -1.64. The molecule has 0 aliphatic heterocycles.